The number of carbonyl (C=O) groups excluding carboxylic acids is 2. The number of nitrogens with one attached hydrogen (secondary N) is 1. The number of hydrogen-bond donors (Lipinski definition) is 1. The van der Waals surface area contributed by atoms with Gasteiger partial charge in [-0.25, -0.2) is 4.79 Å². The third kappa shape index (κ3) is 6.22. The molecule has 0 aromatic heterocycles. The zero-order chi connectivity index (χ0) is 22.7. The molecular weight excluding hydrogens is 385 g/mol. The standard InChI is InChI=1S/C22H34BNO6/c1-15(25)17-11-10-16(27-13-9-12-24-19(26)28-20(2,3)4)14-18(17)23-29-21(5,6)22(7,8)30-23/h10-11,14H,9,12-13H2,1-8H3,(H,24,26). The number of benzene rings is 1. The minimum absolute atomic E-state index is 0.0622. The number of Topliss-reactive ketones (excluding diaryl/α,β-unsaturated/α-hetero) is 1. The molecule has 166 valence electrons. The normalized spacial score (nSPS) is 17.5. The van der Waals surface area contributed by atoms with Crippen molar-refractivity contribution in [2.24, 2.45) is 0 Å². The summed E-state index contributed by atoms with van der Waals surface area (Å²) in [6.07, 6.45) is 0.163. The van der Waals surface area contributed by atoms with Gasteiger partial charge in [-0.3, -0.25) is 4.79 Å². The summed E-state index contributed by atoms with van der Waals surface area (Å²) in [7, 11) is -0.647. The van der Waals surface area contributed by atoms with Gasteiger partial charge >= 0.3 is 13.2 Å². The van der Waals surface area contributed by atoms with Gasteiger partial charge in [-0.05, 0) is 85.5 Å². The Morgan fingerprint density at radius 3 is 2.23 bits per heavy atom. The average Bonchev–Trinajstić information content (AvgIpc) is 2.80. The molecular formula is C22H34BNO6. The first-order valence-electron chi connectivity index (χ1n) is 10.3. The highest BCUT2D eigenvalue weighted by atomic mass is 16.7. The van der Waals surface area contributed by atoms with Crippen molar-refractivity contribution in [3.05, 3.63) is 23.8 Å². The van der Waals surface area contributed by atoms with Gasteiger partial charge in [-0.1, -0.05) is 0 Å². The zero-order valence-corrected chi connectivity index (χ0v) is 19.4. The predicted octanol–water partition coefficient (Wildman–Crippen LogP) is 3.48. The molecule has 1 fully saturated rings. The van der Waals surface area contributed by atoms with Crippen LogP contribution in [0.1, 0.15) is 72.2 Å². The van der Waals surface area contributed by atoms with Crippen LogP contribution in [0, 0.1) is 0 Å². The Morgan fingerprint density at radius 2 is 1.70 bits per heavy atom. The molecule has 0 bridgehead atoms. The van der Waals surface area contributed by atoms with E-state index in [1.165, 1.54) is 6.92 Å². The lowest BCUT2D eigenvalue weighted by Crippen LogP contribution is -2.41. The van der Waals surface area contributed by atoms with Crippen molar-refractivity contribution in [1.82, 2.24) is 5.32 Å². The van der Waals surface area contributed by atoms with Crippen LogP contribution in [-0.4, -0.2) is 48.9 Å². The van der Waals surface area contributed by atoms with Crippen molar-refractivity contribution in [2.45, 2.75) is 78.6 Å². The first kappa shape index (κ1) is 24.2. The van der Waals surface area contributed by atoms with E-state index in [1.54, 1.807) is 18.2 Å². The molecule has 0 spiro atoms. The Morgan fingerprint density at radius 1 is 1.10 bits per heavy atom. The van der Waals surface area contributed by atoms with Crippen LogP contribution in [-0.2, 0) is 14.0 Å². The van der Waals surface area contributed by atoms with Crippen molar-refractivity contribution in [3.8, 4) is 5.75 Å². The van der Waals surface area contributed by atoms with Crippen molar-refractivity contribution in [1.29, 1.82) is 0 Å². The molecule has 30 heavy (non-hydrogen) atoms. The first-order valence-corrected chi connectivity index (χ1v) is 10.3. The third-order valence-corrected chi connectivity index (χ3v) is 5.17. The fourth-order valence-corrected chi connectivity index (χ4v) is 2.88. The summed E-state index contributed by atoms with van der Waals surface area (Å²) in [6.45, 7) is 15.7. The molecule has 7 nitrogen and oxygen atoms in total. The molecule has 1 aromatic rings. The van der Waals surface area contributed by atoms with Gasteiger partial charge < -0.3 is 24.1 Å². The van der Waals surface area contributed by atoms with Gasteiger partial charge in [0.25, 0.3) is 0 Å². The predicted molar refractivity (Wildman–Crippen MR) is 117 cm³/mol. The van der Waals surface area contributed by atoms with Gasteiger partial charge in [0, 0.05) is 12.1 Å². The number of carbonyl (C=O) groups is 2. The van der Waals surface area contributed by atoms with E-state index in [2.05, 4.69) is 5.32 Å². The topological polar surface area (TPSA) is 83.1 Å². The van der Waals surface area contributed by atoms with Crippen molar-refractivity contribution >= 4 is 24.5 Å². The number of ketones is 1. The number of amides is 1. The number of rotatable bonds is 7. The van der Waals surface area contributed by atoms with E-state index in [-0.39, 0.29) is 5.78 Å². The summed E-state index contributed by atoms with van der Waals surface area (Å²) in [5.41, 5.74) is -0.326. The van der Waals surface area contributed by atoms with Crippen LogP contribution in [0.4, 0.5) is 4.79 Å². The minimum Gasteiger partial charge on any atom is -0.494 e. The van der Waals surface area contributed by atoms with Crippen LogP contribution in [0.15, 0.2) is 18.2 Å². The third-order valence-electron chi connectivity index (χ3n) is 5.17. The fourth-order valence-electron chi connectivity index (χ4n) is 2.88. The molecule has 1 N–H and O–H groups in total. The van der Waals surface area contributed by atoms with Gasteiger partial charge in [0.05, 0.1) is 17.8 Å². The molecule has 0 aliphatic carbocycles. The van der Waals surface area contributed by atoms with Crippen molar-refractivity contribution in [3.63, 3.8) is 0 Å². The second kappa shape index (κ2) is 8.98. The van der Waals surface area contributed by atoms with Gasteiger partial charge in [0.2, 0.25) is 0 Å². The second-order valence-electron chi connectivity index (χ2n) is 9.52. The lowest BCUT2D eigenvalue weighted by Gasteiger charge is -2.32. The number of ether oxygens (including phenoxy) is 2. The Kier molecular flexibility index (Phi) is 7.25. The molecule has 0 radical (unpaired) electrons. The summed E-state index contributed by atoms with van der Waals surface area (Å²) in [5, 5.41) is 2.70. The van der Waals surface area contributed by atoms with E-state index in [4.69, 9.17) is 18.8 Å². The first-order chi connectivity index (χ1) is 13.7. The lowest BCUT2D eigenvalue weighted by atomic mass is 9.75. The Balaban J connectivity index is 1.98. The van der Waals surface area contributed by atoms with E-state index in [1.807, 2.05) is 48.5 Å². The molecule has 1 aliphatic heterocycles. The maximum absolute atomic E-state index is 12.1. The summed E-state index contributed by atoms with van der Waals surface area (Å²) in [5.74, 6) is 0.551. The maximum Gasteiger partial charge on any atom is 0.495 e. The second-order valence-corrected chi connectivity index (χ2v) is 9.52. The highest BCUT2D eigenvalue weighted by Crippen LogP contribution is 2.37. The van der Waals surface area contributed by atoms with Crippen LogP contribution in [0.25, 0.3) is 0 Å². The molecule has 8 heteroatoms. The van der Waals surface area contributed by atoms with Crippen LogP contribution < -0.4 is 15.5 Å². The van der Waals surface area contributed by atoms with Crippen molar-refractivity contribution < 1.29 is 28.4 Å². The van der Waals surface area contributed by atoms with Crippen LogP contribution in [0.3, 0.4) is 0 Å². The lowest BCUT2D eigenvalue weighted by molar-refractivity contribution is 0.00578. The van der Waals surface area contributed by atoms with Crippen LogP contribution in [0.5, 0.6) is 5.75 Å². The van der Waals surface area contributed by atoms with Crippen LogP contribution in [0.2, 0.25) is 0 Å². The van der Waals surface area contributed by atoms with E-state index in [0.717, 1.165) is 0 Å². The molecule has 0 atom stereocenters. The van der Waals surface area contributed by atoms with Crippen LogP contribution >= 0.6 is 0 Å². The molecule has 1 amide bonds. The van der Waals surface area contributed by atoms with Crippen molar-refractivity contribution in [2.75, 3.05) is 13.2 Å². The number of alkyl carbamates (subject to hydrolysis) is 1. The van der Waals surface area contributed by atoms with Gasteiger partial charge in [-0.2, -0.15) is 0 Å². The molecule has 1 aromatic carbocycles. The van der Waals surface area contributed by atoms with Gasteiger partial charge in [0.15, 0.2) is 5.78 Å². The Labute approximate surface area is 179 Å². The summed E-state index contributed by atoms with van der Waals surface area (Å²) in [4.78, 5) is 23.8. The fraction of sp³-hybridized carbons (Fsp3) is 0.636. The summed E-state index contributed by atoms with van der Waals surface area (Å²) >= 11 is 0. The van der Waals surface area contributed by atoms with Gasteiger partial charge in [0.1, 0.15) is 11.4 Å². The molecule has 1 saturated heterocycles. The summed E-state index contributed by atoms with van der Waals surface area (Å²) < 4.78 is 23.2. The molecule has 2 rings (SSSR count). The highest BCUT2D eigenvalue weighted by Gasteiger charge is 2.52. The van der Waals surface area contributed by atoms with E-state index < -0.39 is 30.0 Å². The van der Waals surface area contributed by atoms with E-state index in [0.29, 0.717) is 36.3 Å². The monoisotopic (exact) mass is 419 g/mol. The maximum atomic E-state index is 12.1. The molecule has 0 unspecified atom stereocenters. The van der Waals surface area contributed by atoms with Gasteiger partial charge in [-0.15, -0.1) is 0 Å². The SMILES string of the molecule is CC(=O)c1ccc(OCCCNC(=O)OC(C)(C)C)cc1B1OC(C)(C)C(C)(C)O1. The average molecular weight is 419 g/mol. The zero-order valence-electron chi connectivity index (χ0n) is 19.4. The quantitative estimate of drug-likeness (QED) is 0.414. The Hall–Kier alpha value is -2.06. The largest absolute Gasteiger partial charge is 0.495 e. The highest BCUT2D eigenvalue weighted by molar-refractivity contribution is 6.63. The Bertz CT molecular complexity index is 768. The molecule has 1 heterocycles. The van der Waals surface area contributed by atoms with E-state index in [9.17, 15) is 9.59 Å². The summed E-state index contributed by atoms with van der Waals surface area (Å²) in [6, 6.07) is 5.28. The van der Waals surface area contributed by atoms with E-state index >= 15 is 0 Å². The molecule has 1 aliphatic rings. The smallest absolute Gasteiger partial charge is 0.494 e. The molecule has 0 saturated carbocycles. The number of hydrogen-bond acceptors (Lipinski definition) is 6. The minimum atomic E-state index is -0.647.